The minimum absolute atomic E-state index is 0.190. The zero-order chi connectivity index (χ0) is 10.3. The molecular formula is C9H14N2O3. The van der Waals surface area contributed by atoms with Gasteiger partial charge in [0.2, 0.25) is 5.91 Å². The molecule has 0 aromatic rings. The van der Waals surface area contributed by atoms with Gasteiger partial charge in [0.05, 0.1) is 5.54 Å². The summed E-state index contributed by atoms with van der Waals surface area (Å²) in [6, 6.07) is 0. The molecule has 1 aliphatic carbocycles. The van der Waals surface area contributed by atoms with E-state index in [4.69, 9.17) is 5.11 Å². The van der Waals surface area contributed by atoms with E-state index in [1.54, 1.807) is 4.90 Å². The third kappa shape index (κ3) is 1.66. The molecule has 0 aromatic carbocycles. The molecule has 5 nitrogen and oxygen atoms in total. The quantitative estimate of drug-likeness (QED) is 0.669. The lowest BCUT2D eigenvalue weighted by molar-refractivity contribution is -0.140. The summed E-state index contributed by atoms with van der Waals surface area (Å²) in [5.41, 5.74) is -0.434. The van der Waals surface area contributed by atoms with E-state index in [0.29, 0.717) is 13.1 Å². The van der Waals surface area contributed by atoms with Gasteiger partial charge in [0.1, 0.15) is 0 Å². The van der Waals surface area contributed by atoms with Crippen LogP contribution >= 0.6 is 0 Å². The van der Waals surface area contributed by atoms with Gasteiger partial charge in [-0.15, -0.1) is 0 Å². The SMILES string of the molecule is CC1(NC(=O)O)CN(C(=O)C2CC2)C1. The highest BCUT2D eigenvalue weighted by atomic mass is 16.4. The van der Waals surface area contributed by atoms with Crippen molar-refractivity contribution in [2.75, 3.05) is 13.1 Å². The molecule has 0 bridgehead atoms. The van der Waals surface area contributed by atoms with Crippen molar-refractivity contribution in [3.8, 4) is 0 Å². The average molecular weight is 198 g/mol. The van der Waals surface area contributed by atoms with Crippen LogP contribution in [0.5, 0.6) is 0 Å². The fraction of sp³-hybridized carbons (Fsp3) is 0.778. The molecule has 0 unspecified atom stereocenters. The van der Waals surface area contributed by atoms with E-state index in [2.05, 4.69) is 5.32 Å². The zero-order valence-corrected chi connectivity index (χ0v) is 8.12. The maximum absolute atomic E-state index is 11.5. The Labute approximate surface area is 82.1 Å². The Kier molecular flexibility index (Phi) is 1.90. The number of carbonyl (C=O) groups is 2. The molecule has 0 radical (unpaired) electrons. The van der Waals surface area contributed by atoms with Crippen LogP contribution in [-0.4, -0.2) is 40.6 Å². The first kappa shape index (κ1) is 9.30. The summed E-state index contributed by atoms with van der Waals surface area (Å²) in [5, 5.41) is 11.0. The van der Waals surface area contributed by atoms with Gasteiger partial charge in [-0.1, -0.05) is 0 Å². The predicted octanol–water partition coefficient (Wildman–Crippen LogP) is 0.265. The standard InChI is InChI=1S/C9H14N2O3/c1-9(10-8(13)14)4-11(5-9)7(12)6-2-3-6/h6,10H,2-5H2,1H3,(H,13,14). The van der Waals surface area contributed by atoms with E-state index in [1.165, 1.54) is 0 Å². The number of carboxylic acid groups (broad SMARTS) is 1. The number of hydrogen-bond donors (Lipinski definition) is 2. The number of hydrogen-bond acceptors (Lipinski definition) is 2. The van der Waals surface area contributed by atoms with Gasteiger partial charge in [0, 0.05) is 19.0 Å². The number of carbonyl (C=O) groups excluding carboxylic acids is 1. The van der Waals surface area contributed by atoms with Crippen LogP contribution in [-0.2, 0) is 4.79 Å². The highest BCUT2D eigenvalue weighted by molar-refractivity contribution is 5.82. The molecule has 14 heavy (non-hydrogen) atoms. The molecular weight excluding hydrogens is 184 g/mol. The number of nitrogens with one attached hydrogen (secondary N) is 1. The van der Waals surface area contributed by atoms with Gasteiger partial charge < -0.3 is 15.3 Å². The lowest BCUT2D eigenvalue weighted by Gasteiger charge is -2.47. The summed E-state index contributed by atoms with van der Waals surface area (Å²) >= 11 is 0. The van der Waals surface area contributed by atoms with E-state index < -0.39 is 11.6 Å². The minimum atomic E-state index is -1.02. The van der Waals surface area contributed by atoms with Crippen LogP contribution < -0.4 is 5.32 Å². The Bertz CT molecular complexity index is 280. The van der Waals surface area contributed by atoms with Gasteiger partial charge in [-0.05, 0) is 19.8 Å². The van der Waals surface area contributed by atoms with E-state index in [0.717, 1.165) is 12.8 Å². The van der Waals surface area contributed by atoms with Gasteiger partial charge in [0.25, 0.3) is 0 Å². The molecule has 1 aliphatic heterocycles. The van der Waals surface area contributed by atoms with Gasteiger partial charge in [-0.25, -0.2) is 4.79 Å². The van der Waals surface area contributed by atoms with Crippen molar-refractivity contribution in [2.45, 2.75) is 25.3 Å². The second-order valence-corrected chi connectivity index (χ2v) is 4.46. The van der Waals surface area contributed by atoms with Crippen molar-refractivity contribution in [1.29, 1.82) is 0 Å². The summed E-state index contributed by atoms with van der Waals surface area (Å²) < 4.78 is 0. The zero-order valence-electron chi connectivity index (χ0n) is 8.12. The summed E-state index contributed by atoms with van der Waals surface area (Å²) in [4.78, 5) is 23.7. The molecule has 2 fully saturated rings. The Morgan fingerprint density at radius 1 is 1.43 bits per heavy atom. The fourth-order valence-corrected chi connectivity index (χ4v) is 1.88. The van der Waals surface area contributed by atoms with E-state index >= 15 is 0 Å². The van der Waals surface area contributed by atoms with Crippen molar-refractivity contribution in [2.24, 2.45) is 5.92 Å². The first-order valence-electron chi connectivity index (χ1n) is 4.80. The molecule has 2 amide bonds. The van der Waals surface area contributed by atoms with Crippen molar-refractivity contribution in [3.05, 3.63) is 0 Å². The highest BCUT2D eigenvalue weighted by Gasteiger charge is 2.46. The van der Waals surface area contributed by atoms with Crippen molar-refractivity contribution < 1.29 is 14.7 Å². The maximum Gasteiger partial charge on any atom is 0.405 e. The molecule has 5 heteroatoms. The Balaban J connectivity index is 1.82. The Morgan fingerprint density at radius 3 is 2.43 bits per heavy atom. The monoisotopic (exact) mass is 198 g/mol. The first-order chi connectivity index (χ1) is 6.50. The lowest BCUT2D eigenvalue weighted by Crippen LogP contribution is -2.69. The van der Waals surface area contributed by atoms with Crippen molar-refractivity contribution in [3.63, 3.8) is 0 Å². The highest BCUT2D eigenvalue weighted by Crippen LogP contribution is 2.34. The summed E-state index contributed by atoms with van der Waals surface area (Å²) in [5.74, 6) is 0.416. The summed E-state index contributed by atoms with van der Waals surface area (Å²) in [6.45, 7) is 2.83. The van der Waals surface area contributed by atoms with Gasteiger partial charge in [0.15, 0.2) is 0 Å². The molecule has 78 valence electrons. The molecule has 2 rings (SSSR count). The predicted molar refractivity (Wildman–Crippen MR) is 48.9 cm³/mol. The van der Waals surface area contributed by atoms with Gasteiger partial charge in [-0.3, -0.25) is 4.79 Å². The van der Waals surface area contributed by atoms with E-state index in [-0.39, 0.29) is 11.8 Å². The van der Waals surface area contributed by atoms with Crippen LogP contribution in [0.4, 0.5) is 4.79 Å². The summed E-state index contributed by atoms with van der Waals surface area (Å²) in [7, 11) is 0. The van der Waals surface area contributed by atoms with Crippen molar-refractivity contribution in [1.82, 2.24) is 10.2 Å². The topological polar surface area (TPSA) is 69.6 Å². The largest absolute Gasteiger partial charge is 0.465 e. The van der Waals surface area contributed by atoms with Crippen molar-refractivity contribution >= 4 is 12.0 Å². The van der Waals surface area contributed by atoms with E-state index in [1.807, 2.05) is 6.92 Å². The minimum Gasteiger partial charge on any atom is -0.465 e. The van der Waals surface area contributed by atoms with Crippen LogP contribution in [0.1, 0.15) is 19.8 Å². The molecule has 1 saturated heterocycles. The van der Waals surface area contributed by atoms with Gasteiger partial charge >= 0.3 is 6.09 Å². The molecule has 0 atom stereocenters. The first-order valence-corrected chi connectivity index (χ1v) is 4.80. The molecule has 0 aromatic heterocycles. The van der Waals surface area contributed by atoms with E-state index in [9.17, 15) is 9.59 Å². The van der Waals surface area contributed by atoms with Crippen LogP contribution in [0.2, 0.25) is 0 Å². The van der Waals surface area contributed by atoms with Crippen LogP contribution in [0.25, 0.3) is 0 Å². The Hall–Kier alpha value is -1.26. The fourth-order valence-electron chi connectivity index (χ4n) is 1.88. The summed E-state index contributed by atoms with van der Waals surface area (Å²) in [6.07, 6.45) is 0.975. The second-order valence-electron chi connectivity index (χ2n) is 4.46. The normalized spacial score (nSPS) is 23.9. The second kappa shape index (κ2) is 2.87. The number of nitrogens with zero attached hydrogens (tertiary/aromatic N) is 1. The molecule has 0 spiro atoms. The van der Waals surface area contributed by atoms with Crippen LogP contribution in [0, 0.1) is 5.92 Å². The molecule has 2 N–H and O–H groups in total. The molecule has 1 heterocycles. The third-order valence-corrected chi connectivity index (χ3v) is 2.73. The third-order valence-electron chi connectivity index (χ3n) is 2.73. The number of likely N-dealkylation sites (tertiary alicyclic amines) is 1. The Morgan fingerprint density at radius 2 is 2.00 bits per heavy atom. The average Bonchev–Trinajstić information content (AvgIpc) is 2.79. The number of rotatable bonds is 2. The molecule has 1 saturated carbocycles. The van der Waals surface area contributed by atoms with Gasteiger partial charge in [-0.2, -0.15) is 0 Å². The number of amides is 2. The van der Waals surface area contributed by atoms with Crippen LogP contribution in [0.3, 0.4) is 0 Å². The molecule has 2 aliphatic rings. The lowest BCUT2D eigenvalue weighted by atomic mass is 9.92. The maximum atomic E-state index is 11.5. The van der Waals surface area contributed by atoms with Crippen LogP contribution in [0.15, 0.2) is 0 Å². The smallest absolute Gasteiger partial charge is 0.405 e.